The van der Waals surface area contributed by atoms with E-state index in [9.17, 15) is 4.79 Å². The second kappa shape index (κ2) is 3.36. The van der Waals surface area contributed by atoms with E-state index < -0.39 is 31.3 Å². The zero-order valence-electron chi connectivity index (χ0n) is 6.27. The second-order valence-corrected chi connectivity index (χ2v) is 2.46. The van der Waals surface area contributed by atoms with Crippen molar-refractivity contribution in [3.05, 3.63) is 0 Å². The molecule has 3 N–H and O–H groups in total. The molecule has 1 aliphatic rings. The molecular weight excluding hydrogens is 168 g/mol. The number of ether oxygens (including phenoxy) is 2. The molecule has 6 heteroatoms. The lowest BCUT2D eigenvalue weighted by molar-refractivity contribution is -0.169. The van der Waals surface area contributed by atoms with Gasteiger partial charge in [0.05, 0.1) is 0 Å². The van der Waals surface area contributed by atoms with E-state index in [2.05, 4.69) is 9.47 Å². The first-order valence-corrected chi connectivity index (χ1v) is 3.38. The van der Waals surface area contributed by atoms with Crippen LogP contribution in [0.1, 0.15) is 6.42 Å². The Morgan fingerprint density at radius 3 is 2.58 bits per heavy atom. The standard InChI is InChI=1S/C6H10O6/c7-2-11-4-1-6(4,5(9)10)12-3-8/h4,7-8H,1-3H2,(H,9,10). The zero-order chi connectivity index (χ0) is 9.19. The molecule has 1 aliphatic carbocycles. The number of carbonyl (C=O) groups is 1. The van der Waals surface area contributed by atoms with Crippen LogP contribution in [0, 0.1) is 0 Å². The van der Waals surface area contributed by atoms with Gasteiger partial charge in [-0.1, -0.05) is 0 Å². The fourth-order valence-corrected chi connectivity index (χ4v) is 1.05. The monoisotopic (exact) mass is 178 g/mol. The van der Waals surface area contributed by atoms with Crippen molar-refractivity contribution in [1.82, 2.24) is 0 Å². The molecule has 0 aliphatic heterocycles. The van der Waals surface area contributed by atoms with Crippen molar-refractivity contribution in [2.75, 3.05) is 13.6 Å². The number of rotatable bonds is 5. The van der Waals surface area contributed by atoms with E-state index in [1.165, 1.54) is 0 Å². The minimum absolute atomic E-state index is 0.156. The molecule has 0 aromatic rings. The van der Waals surface area contributed by atoms with Crippen molar-refractivity contribution >= 4 is 5.97 Å². The summed E-state index contributed by atoms with van der Waals surface area (Å²) in [6, 6.07) is 0. The maximum Gasteiger partial charge on any atom is 0.338 e. The van der Waals surface area contributed by atoms with Gasteiger partial charge in [-0.25, -0.2) is 4.79 Å². The van der Waals surface area contributed by atoms with Gasteiger partial charge in [-0.05, 0) is 0 Å². The van der Waals surface area contributed by atoms with E-state index in [0.717, 1.165) is 0 Å². The first-order chi connectivity index (χ1) is 5.67. The molecule has 1 saturated carbocycles. The summed E-state index contributed by atoms with van der Waals surface area (Å²) in [6.45, 7) is -1.22. The highest BCUT2D eigenvalue weighted by molar-refractivity contribution is 5.82. The quantitative estimate of drug-likeness (QED) is 0.444. The molecule has 0 radical (unpaired) electrons. The van der Waals surface area contributed by atoms with Gasteiger partial charge in [-0.3, -0.25) is 0 Å². The van der Waals surface area contributed by atoms with Crippen LogP contribution >= 0.6 is 0 Å². The summed E-state index contributed by atoms with van der Waals surface area (Å²) < 4.78 is 9.21. The molecule has 0 saturated heterocycles. The van der Waals surface area contributed by atoms with Gasteiger partial charge in [0.1, 0.15) is 19.7 Å². The van der Waals surface area contributed by atoms with Gasteiger partial charge >= 0.3 is 5.97 Å². The molecule has 0 amide bonds. The lowest BCUT2D eigenvalue weighted by Gasteiger charge is -2.10. The lowest BCUT2D eigenvalue weighted by Crippen LogP contribution is -2.31. The number of hydrogen-bond acceptors (Lipinski definition) is 5. The van der Waals surface area contributed by atoms with Crippen LogP contribution in [0.15, 0.2) is 0 Å². The Morgan fingerprint density at radius 1 is 1.50 bits per heavy atom. The molecule has 6 nitrogen and oxygen atoms in total. The minimum Gasteiger partial charge on any atom is -0.479 e. The fraction of sp³-hybridized carbons (Fsp3) is 0.833. The summed E-state index contributed by atoms with van der Waals surface area (Å²) in [6.07, 6.45) is -0.504. The molecule has 0 bridgehead atoms. The number of hydrogen-bond donors (Lipinski definition) is 3. The molecule has 0 heterocycles. The van der Waals surface area contributed by atoms with Crippen LogP contribution in [0.25, 0.3) is 0 Å². The summed E-state index contributed by atoms with van der Waals surface area (Å²) in [4.78, 5) is 10.6. The highest BCUT2D eigenvalue weighted by Gasteiger charge is 2.63. The Labute approximate surface area is 68.3 Å². The Bertz CT molecular complexity index is 181. The predicted octanol–water partition coefficient (Wildman–Crippen LogP) is -1.49. The van der Waals surface area contributed by atoms with E-state index in [1.54, 1.807) is 0 Å². The highest BCUT2D eigenvalue weighted by Crippen LogP contribution is 2.42. The average Bonchev–Trinajstić information content (AvgIpc) is 2.66. The van der Waals surface area contributed by atoms with Gasteiger partial charge in [0.15, 0.2) is 5.60 Å². The predicted molar refractivity (Wildman–Crippen MR) is 35.1 cm³/mol. The van der Waals surface area contributed by atoms with Crippen molar-refractivity contribution in [2.24, 2.45) is 0 Å². The third kappa shape index (κ3) is 1.42. The number of carboxylic acids is 1. The van der Waals surface area contributed by atoms with Crippen LogP contribution in [0.5, 0.6) is 0 Å². The third-order valence-corrected chi connectivity index (χ3v) is 1.81. The summed E-state index contributed by atoms with van der Waals surface area (Å²) in [5.74, 6) is -1.19. The summed E-state index contributed by atoms with van der Waals surface area (Å²) in [5.41, 5.74) is -1.45. The molecule has 0 spiro atoms. The van der Waals surface area contributed by atoms with Crippen LogP contribution < -0.4 is 0 Å². The van der Waals surface area contributed by atoms with Crippen LogP contribution in [0.2, 0.25) is 0 Å². The molecule has 0 aromatic carbocycles. The zero-order valence-corrected chi connectivity index (χ0v) is 6.27. The van der Waals surface area contributed by atoms with Gasteiger partial charge < -0.3 is 24.8 Å². The van der Waals surface area contributed by atoms with E-state index in [-0.39, 0.29) is 6.42 Å². The first-order valence-electron chi connectivity index (χ1n) is 3.38. The highest BCUT2D eigenvalue weighted by atomic mass is 16.7. The number of aliphatic hydroxyl groups is 2. The Hall–Kier alpha value is -0.690. The Kier molecular flexibility index (Phi) is 2.63. The number of carboxylic acid groups (broad SMARTS) is 1. The minimum atomic E-state index is -1.45. The maximum atomic E-state index is 10.6. The molecule has 1 rings (SSSR count). The molecule has 2 unspecified atom stereocenters. The average molecular weight is 178 g/mol. The molecule has 12 heavy (non-hydrogen) atoms. The van der Waals surface area contributed by atoms with Gasteiger partial charge in [0.25, 0.3) is 0 Å². The molecule has 0 aromatic heterocycles. The lowest BCUT2D eigenvalue weighted by atomic mass is 10.3. The Morgan fingerprint density at radius 2 is 2.17 bits per heavy atom. The number of aliphatic carboxylic acids is 1. The third-order valence-electron chi connectivity index (χ3n) is 1.81. The van der Waals surface area contributed by atoms with E-state index >= 15 is 0 Å². The SMILES string of the molecule is O=C(O)C1(OCO)CC1OCO. The summed E-state index contributed by atoms with van der Waals surface area (Å²) in [5, 5.41) is 25.3. The van der Waals surface area contributed by atoms with Crippen LogP contribution in [0.4, 0.5) is 0 Å². The van der Waals surface area contributed by atoms with Gasteiger partial charge in [0, 0.05) is 6.42 Å². The van der Waals surface area contributed by atoms with Gasteiger partial charge in [0.2, 0.25) is 0 Å². The maximum absolute atomic E-state index is 10.6. The van der Waals surface area contributed by atoms with Crippen molar-refractivity contribution < 1.29 is 29.6 Å². The Balaban J connectivity index is 2.50. The fourth-order valence-electron chi connectivity index (χ4n) is 1.05. The topological polar surface area (TPSA) is 96.2 Å². The van der Waals surface area contributed by atoms with Crippen LogP contribution in [-0.4, -0.2) is 46.6 Å². The largest absolute Gasteiger partial charge is 0.479 e. The van der Waals surface area contributed by atoms with Crippen LogP contribution in [0.3, 0.4) is 0 Å². The second-order valence-electron chi connectivity index (χ2n) is 2.46. The van der Waals surface area contributed by atoms with Crippen molar-refractivity contribution in [3.8, 4) is 0 Å². The van der Waals surface area contributed by atoms with Crippen molar-refractivity contribution in [1.29, 1.82) is 0 Å². The molecule has 70 valence electrons. The van der Waals surface area contributed by atoms with Crippen LogP contribution in [-0.2, 0) is 14.3 Å². The molecular formula is C6H10O6. The smallest absolute Gasteiger partial charge is 0.338 e. The normalized spacial score (nSPS) is 33.3. The summed E-state index contributed by atoms with van der Waals surface area (Å²) in [7, 11) is 0. The van der Waals surface area contributed by atoms with Gasteiger partial charge in [-0.15, -0.1) is 0 Å². The molecule has 1 fully saturated rings. The first kappa shape index (κ1) is 9.40. The molecule has 2 atom stereocenters. The van der Waals surface area contributed by atoms with Crippen molar-refractivity contribution in [3.63, 3.8) is 0 Å². The number of aliphatic hydroxyl groups excluding tert-OH is 2. The van der Waals surface area contributed by atoms with E-state index in [0.29, 0.717) is 0 Å². The van der Waals surface area contributed by atoms with E-state index in [4.69, 9.17) is 15.3 Å². The van der Waals surface area contributed by atoms with Gasteiger partial charge in [-0.2, -0.15) is 0 Å². The summed E-state index contributed by atoms with van der Waals surface area (Å²) >= 11 is 0. The van der Waals surface area contributed by atoms with E-state index in [1.807, 2.05) is 0 Å². The van der Waals surface area contributed by atoms with Crippen molar-refractivity contribution in [2.45, 2.75) is 18.1 Å².